The first kappa shape index (κ1) is 28.2. The minimum atomic E-state index is -0.221. The summed E-state index contributed by atoms with van der Waals surface area (Å²) >= 11 is 6.38. The normalized spacial score (nSPS) is 11.3. The van der Waals surface area contributed by atoms with Crippen LogP contribution in [0.2, 0.25) is 5.02 Å². The highest BCUT2D eigenvalue weighted by atomic mass is 35.5. The number of carbonyl (C=O) groups is 2. The van der Waals surface area contributed by atoms with Gasteiger partial charge in [0.2, 0.25) is 11.8 Å². The van der Waals surface area contributed by atoms with Crippen LogP contribution in [0.25, 0.3) is 6.08 Å². The third kappa shape index (κ3) is 8.92. The zero-order valence-electron chi connectivity index (χ0n) is 21.8. The van der Waals surface area contributed by atoms with Gasteiger partial charge in [0.15, 0.2) is 0 Å². The summed E-state index contributed by atoms with van der Waals surface area (Å²) in [6.07, 6.45) is 5.28. The smallest absolute Gasteiger partial charge is 0.247 e. The van der Waals surface area contributed by atoms with E-state index in [2.05, 4.69) is 18.4 Å². The molecule has 0 N–H and O–H groups in total. The maximum absolute atomic E-state index is 13.5. The fraction of sp³-hybridized carbons (Fsp3) is 0.333. The lowest BCUT2D eigenvalue weighted by Gasteiger charge is -2.29. The highest BCUT2D eigenvalue weighted by Crippen LogP contribution is 2.18. The summed E-state index contributed by atoms with van der Waals surface area (Å²) in [7, 11) is 1.59. The Bertz CT molecular complexity index is 1170. The standard InChI is InChI=1S/C30H36ClN3O3/c1-24(2)20-34(22-27-13-9-17-32(27)21-26-12-7-8-14-28(26)31)30(36)23-33(18-19-37-3)29(35)16-15-25-10-5-4-6-11-25/h4-17,24H,18-23H2,1-3H3/b16-15+. The van der Waals surface area contributed by atoms with Gasteiger partial charge in [-0.1, -0.05) is 74.0 Å². The van der Waals surface area contributed by atoms with Crippen LogP contribution in [0.5, 0.6) is 0 Å². The number of hydrogen-bond donors (Lipinski definition) is 0. The van der Waals surface area contributed by atoms with Gasteiger partial charge in [-0.3, -0.25) is 9.59 Å². The van der Waals surface area contributed by atoms with Gasteiger partial charge < -0.3 is 19.1 Å². The Hall–Kier alpha value is -3.35. The molecule has 0 aliphatic carbocycles. The van der Waals surface area contributed by atoms with E-state index in [1.54, 1.807) is 18.1 Å². The van der Waals surface area contributed by atoms with Gasteiger partial charge in [0, 0.05) is 49.7 Å². The van der Waals surface area contributed by atoms with Gasteiger partial charge >= 0.3 is 0 Å². The van der Waals surface area contributed by atoms with Crippen molar-refractivity contribution < 1.29 is 14.3 Å². The topological polar surface area (TPSA) is 54.8 Å². The molecule has 0 saturated heterocycles. The molecule has 37 heavy (non-hydrogen) atoms. The summed E-state index contributed by atoms with van der Waals surface area (Å²) in [5, 5.41) is 0.716. The van der Waals surface area contributed by atoms with Crippen LogP contribution in [0.15, 0.2) is 79.0 Å². The van der Waals surface area contributed by atoms with E-state index in [0.717, 1.165) is 16.8 Å². The molecule has 0 radical (unpaired) electrons. The predicted molar refractivity (Wildman–Crippen MR) is 149 cm³/mol. The Morgan fingerprint density at radius 3 is 2.43 bits per heavy atom. The van der Waals surface area contributed by atoms with E-state index in [0.29, 0.717) is 37.8 Å². The van der Waals surface area contributed by atoms with Crippen molar-refractivity contribution in [1.29, 1.82) is 0 Å². The minimum absolute atomic E-state index is 0.0146. The lowest BCUT2D eigenvalue weighted by Crippen LogP contribution is -2.44. The monoisotopic (exact) mass is 521 g/mol. The first-order valence-corrected chi connectivity index (χ1v) is 12.9. The Morgan fingerprint density at radius 1 is 1.00 bits per heavy atom. The summed E-state index contributed by atoms with van der Waals surface area (Å²) < 4.78 is 7.31. The lowest BCUT2D eigenvalue weighted by molar-refractivity contribution is -0.139. The minimum Gasteiger partial charge on any atom is -0.383 e. The molecule has 1 heterocycles. The molecule has 6 nitrogen and oxygen atoms in total. The van der Waals surface area contributed by atoms with Gasteiger partial charge in [-0.15, -0.1) is 0 Å². The van der Waals surface area contributed by atoms with E-state index in [-0.39, 0.29) is 24.3 Å². The van der Waals surface area contributed by atoms with E-state index in [1.807, 2.05) is 77.8 Å². The van der Waals surface area contributed by atoms with E-state index >= 15 is 0 Å². The molecule has 0 spiro atoms. The summed E-state index contributed by atoms with van der Waals surface area (Å²) in [4.78, 5) is 29.9. The van der Waals surface area contributed by atoms with Crippen molar-refractivity contribution in [3.8, 4) is 0 Å². The quantitative estimate of drug-likeness (QED) is 0.284. The third-order valence-corrected chi connectivity index (χ3v) is 6.30. The third-order valence-electron chi connectivity index (χ3n) is 5.93. The van der Waals surface area contributed by atoms with Gasteiger partial charge in [0.1, 0.15) is 6.54 Å². The number of ether oxygens (including phenoxy) is 1. The second kappa shape index (κ2) is 14.4. The van der Waals surface area contributed by atoms with Crippen LogP contribution in [0.3, 0.4) is 0 Å². The van der Waals surface area contributed by atoms with Gasteiger partial charge in [-0.25, -0.2) is 0 Å². The molecule has 3 rings (SSSR count). The molecule has 0 saturated carbocycles. The molecule has 3 aromatic rings. The SMILES string of the molecule is COCCN(CC(=O)N(Cc1cccn1Cc1ccccc1Cl)CC(C)C)C(=O)/C=C/c1ccccc1. The van der Waals surface area contributed by atoms with Gasteiger partial charge in [0.05, 0.1) is 13.2 Å². The molecule has 0 aliphatic rings. The van der Waals surface area contributed by atoms with Crippen LogP contribution >= 0.6 is 11.6 Å². The number of benzene rings is 2. The summed E-state index contributed by atoms with van der Waals surface area (Å²) in [6, 6.07) is 21.4. The van der Waals surface area contributed by atoms with E-state index in [9.17, 15) is 9.59 Å². The van der Waals surface area contributed by atoms with Crippen molar-refractivity contribution >= 4 is 29.5 Å². The largest absolute Gasteiger partial charge is 0.383 e. The van der Waals surface area contributed by atoms with Crippen LogP contribution in [-0.2, 0) is 27.4 Å². The number of halogens is 1. The van der Waals surface area contributed by atoms with Crippen molar-refractivity contribution in [2.24, 2.45) is 5.92 Å². The summed E-state index contributed by atoms with van der Waals surface area (Å²) in [5.41, 5.74) is 2.95. The van der Waals surface area contributed by atoms with Crippen molar-refractivity contribution in [1.82, 2.24) is 14.4 Å². The molecular weight excluding hydrogens is 486 g/mol. The van der Waals surface area contributed by atoms with Crippen LogP contribution in [0, 0.1) is 5.92 Å². The number of rotatable bonds is 13. The summed E-state index contributed by atoms with van der Waals surface area (Å²) in [6.45, 7) is 6.48. The van der Waals surface area contributed by atoms with Crippen LogP contribution < -0.4 is 0 Å². The predicted octanol–water partition coefficient (Wildman–Crippen LogP) is 5.36. The molecule has 0 fully saturated rings. The highest BCUT2D eigenvalue weighted by molar-refractivity contribution is 6.31. The average molecular weight is 522 g/mol. The molecule has 0 aliphatic heterocycles. The molecular formula is C30H36ClN3O3. The lowest BCUT2D eigenvalue weighted by atomic mass is 10.2. The molecule has 1 aromatic heterocycles. The fourth-order valence-electron chi connectivity index (χ4n) is 4.02. The Labute approximate surface area is 225 Å². The van der Waals surface area contributed by atoms with Gasteiger partial charge in [-0.05, 0) is 41.3 Å². The van der Waals surface area contributed by atoms with Crippen LogP contribution in [0.1, 0.15) is 30.7 Å². The Kier molecular flexibility index (Phi) is 11.0. The molecule has 0 bridgehead atoms. The fourth-order valence-corrected chi connectivity index (χ4v) is 4.21. The number of methoxy groups -OCH3 is 1. The second-order valence-electron chi connectivity index (χ2n) is 9.38. The average Bonchev–Trinajstić information content (AvgIpc) is 3.32. The molecule has 196 valence electrons. The van der Waals surface area contributed by atoms with E-state index in [4.69, 9.17) is 16.3 Å². The number of nitrogens with zero attached hydrogens (tertiary/aromatic N) is 3. The van der Waals surface area contributed by atoms with Crippen molar-refractivity contribution in [3.05, 3.63) is 101 Å². The first-order valence-electron chi connectivity index (χ1n) is 12.5. The zero-order chi connectivity index (χ0) is 26.6. The second-order valence-corrected chi connectivity index (χ2v) is 9.79. The van der Waals surface area contributed by atoms with Crippen LogP contribution in [0.4, 0.5) is 0 Å². The van der Waals surface area contributed by atoms with Crippen molar-refractivity contribution in [3.63, 3.8) is 0 Å². The van der Waals surface area contributed by atoms with Gasteiger partial charge in [-0.2, -0.15) is 0 Å². The Morgan fingerprint density at radius 2 is 1.73 bits per heavy atom. The number of carbonyl (C=O) groups excluding carboxylic acids is 2. The molecule has 0 atom stereocenters. The van der Waals surface area contributed by atoms with E-state index in [1.165, 1.54) is 6.08 Å². The number of aromatic nitrogens is 1. The Balaban J connectivity index is 1.74. The number of amides is 2. The summed E-state index contributed by atoms with van der Waals surface area (Å²) in [5.74, 6) is -0.0466. The maximum atomic E-state index is 13.5. The molecule has 0 unspecified atom stereocenters. The highest BCUT2D eigenvalue weighted by Gasteiger charge is 2.22. The number of hydrogen-bond acceptors (Lipinski definition) is 3. The zero-order valence-corrected chi connectivity index (χ0v) is 22.6. The van der Waals surface area contributed by atoms with Crippen molar-refractivity contribution in [2.75, 3.05) is 33.4 Å². The van der Waals surface area contributed by atoms with Crippen molar-refractivity contribution in [2.45, 2.75) is 26.9 Å². The first-order chi connectivity index (χ1) is 17.9. The van der Waals surface area contributed by atoms with Crippen LogP contribution in [-0.4, -0.2) is 59.5 Å². The van der Waals surface area contributed by atoms with Gasteiger partial charge in [0.25, 0.3) is 0 Å². The maximum Gasteiger partial charge on any atom is 0.247 e. The van der Waals surface area contributed by atoms with E-state index < -0.39 is 0 Å². The molecule has 2 amide bonds. The molecule has 7 heteroatoms. The molecule has 2 aromatic carbocycles.